The summed E-state index contributed by atoms with van der Waals surface area (Å²) < 4.78 is 0. The van der Waals surface area contributed by atoms with Crippen molar-refractivity contribution in [2.75, 3.05) is 0 Å². The van der Waals surface area contributed by atoms with Gasteiger partial charge < -0.3 is 5.32 Å². The fourth-order valence-corrected chi connectivity index (χ4v) is 1.68. The maximum absolute atomic E-state index is 10.8. The minimum atomic E-state index is 0.0726. The lowest BCUT2D eigenvalue weighted by molar-refractivity contribution is -0.119. The summed E-state index contributed by atoms with van der Waals surface area (Å²) in [6, 6.07) is 10.7. The molecule has 0 radical (unpaired) electrons. The monoisotopic (exact) mass is 175 g/mol. The van der Waals surface area contributed by atoms with Crippen molar-refractivity contribution in [3.63, 3.8) is 0 Å². The molecule has 1 unspecified atom stereocenters. The molecule has 2 rings (SSSR count). The summed E-state index contributed by atoms with van der Waals surface area (Å²) in [5.41, 5.74) is 1.33. The number of hydrogen-bond acceptors (Lipinski definition) is 1. The van der Waals surface area contributed by atoms with Gasteiger partial charge in [-0.3, -0.25) is 4.79 Å². The molecular formula is C11H13NO. The van der Waals surface area contributed by atoms with E-state index in [1.165, 1.54) is 5.56 Å². The molecule has 1 amide bonds. The second-order valence-electron chi connectivity index (χ2n) is 3.56. The van der Waals surface area contributed by atoms with Gasteiger partial charge >= 0.3 is 0 Å². The van der Waals surface area contributed by atoms with Crippen LogP contribution in [0.1, 0.15) is 24.8 Å². The minimum Gasteiger partial charge on any atom is -0.353 e. The number of carbonyl (C=O) groups is 1. The molecule has 2 heteroatoms. The molecule has 0 saturated heterocycles. The third-order valence-corrected chi connectivity index (χ3v) is 2.41. The molecule has 2 atom stereocenters. The van der Waals surface area contributed by atoms with Gasteiger partial charge in [-0.15, -0.1) is 0 Å². The summed E-state index contributed by atoms with van der Waals surface area (Å²) in [5.74, 6) is 0.619. The molecule has 1 aliphatic rings. The Morgan fingerprint density at radius 3 is 2.69 bits per heavy atom. The van der Waals surface area contributed by atoms with Crippen molar-refractivity contribution < 1.29 is 4.79 Å². The highest BCUT2D eigenvalue weighted by atomic mass is 16.1. The van der Waals surface area contributed by atoms with E-state index in [1.54, 1.807) is 6.92 Å². The maximum atomic E-state index is 10.8. The predicted molar refractivity (Wildman–Crippen MR) is 51.4 cm³/mol. The van der Waals surface area contributed by atoms with Gasteiger partial charge in [0.25, 0.3) is 0 Å². The standard InChI is InChI=1S/C11H13NO/c1-8(13)12-11-7-10(11)9-5-3-2-4-6-9/h2-6,10-11H,7H2,1H3,(H,12,13)/t10-,11?/m0/s1. The molecule has 0 spiro atoms. The molecule has 1 N–H and O–H groups in total. The molecule has 1 saturated carbocycles. The van der Waals surface area contributed by atoms with Crippen molar-refractivity contribution in [1.82, 2.24) is 5.32 Å². The number of nitrogens with one attached hydrogen (secondary N) is 1. The van der Waals surface area contributed by atoms with E-state index in [0.717, 1.165) is 6.42 Å². The first-order chi connectivity index (χ1) is 6.27. The fourth-order valence-electron chi connectivity index (χ4n) is 1.68. The van der Waals surface area contributed by atoms with Gasteiger partial charge in [-0.1, -0.05) is 30.3 Å². The molecule has 0 bridgehead atoms. The number of hydrogen-bond donors (Lipinski definition) is 1. The molecule has 1 aromatic carbocycles. The zero-order valence-corrected chi connectivity index (χ0v) is 7.66. The molecule has 1 fully saturated rings. The van der Waals surface area contributed by atoms with Gasteiger partial charge in [0.2, 0.25) is 5.91 Å². The van der Waals surface area contributed by atoms with Gasteiger partial charge in [-0.05, 0) is 12.0 Å². The van der Waals surface area contributed by atoms with Crippen LogP contribution in [0.3, 0.4) is 0 Å². The number of rotatable bonds is 2. The Morgan fingerprint density at radius 2 is 2.08 bits per heavy atom. The molecule has 0 aromatic heterocycles. The normalized spacial score (nSPS) is 25.3. The lowest BCUT2D eigenvalue weighted by Crippen LogP contribution is -2.23. The zero-order chi connectivity index (χ0) is 9.26. The van der Waals surface area contributed by atoms with Crippen molar-refractivity contribution in [1.29, 1.82) is 0 Å². The van der Waals surface area contributed by atoms with Gasteiger partial charge in [-0.2, -0.15) is 0 Å². The van der Waals surface area contributed by atoms with Crippen LogP contribution >= 0.6 is 0 Å². The molecule has 68 valence electrons. The van der Waals surface area contributed by atoms with Crippen LogP contribution < -0.4 is 5.32 Å². The zero-order valence-electron chi connectivity index (χ0n) is 7.66. The quantitative estimate of drug-likeness (QED) is 0.728. The molecule has 13 heavy (non-hydrogen) atoms. The van der Waals surface area contributed by atoms with Crippen molar-refractivity contribution in [3.05, 3.63) is 35.9 Å². The first-order valence-electron chi connectivity index (χ1n) is 4.59. The Morgan fingerprint density at radius 1 is 1.38 bits per heavy atom. The van der Waals surface area contributed by atoms with Crippen LogP contribution in [-0.4, -0.2) is 11.9 Å². The van der Waals surface area contributed by atoms with Crippen LogP contribution in [0.25, 0.3) is 0 Å². The topological polar surface area (TPSA) is 29.1 Å². The third kappa shape index (κ3) is 1.89. The van der Waals surface area contributed by atoms with Crippen LogP contribution in [0.2, 0.25) is 0 Å². The van der Waals surface area contributed by atoms with E-state index in [2.05, 4.69) is 17.4 Å². The van der Waals surface area contributed by atoms with Crippen molar-refractivity contribution >= 4 is 5.91 Å². The Balaban J connectivity index is 1.97. The van der Waals surface area contributed by atoms with Crippen molar-refractivity contribution in [2.24, 2.45) is 0 Å². The van der Waals surface area contributed by atoms with Crippen molar-refractivity contribution in [3.8, 4) is 0 Å². The largest absolute Gasteiger partial charge is 0.353 e. The van der Waals surface area contributed by atoms with E-state index in [4.69, 9.17) is 0 Å². The lowest BCUT2D eigenvalue weighted by atomic mass is 10.1. The molecule has 2 nitrogen and oxygen atoms in total. The summed E-state index contributed by atoms with van der Waals surface area (Å²) in [6.45, 7) is 1.57. The Labute approximate surface area is 78.0 Å². The average Bonchev–Trinajstić information content (AvgIpc) is 2.84. The Bertz CT molecular complexity index is 307. The van der Waals surface area contributed by atoms with Gasteiger partial charge in [0.15, 0.2) is 0 Å². The van der Waals surface area contributed by atoms with E-state index >= 15 is 0 Å². The molecule has 1 aliphatic carbocycles. The summed E-state index contributed by atoms with van der Waals surface area (Å²) in [4.78, 5) is 10.8. The highest BCUT2D eigenvalue weighted by molar-refractivity contribution is 5.73. The summed E-state index contributed by atoms with van der Waals surface area (Å²) in [5, 5.41) is 2.93. The van der Waals surface area contributed by atoms with E-state index in [-0.39, 0.29) is 5.91 Å². The van der Waals surface area contributed by atoms with E-state index < -0.39 is 0 Å². The number of benzene rings is 1. The van der Waals surface area contributed by atoms with Crippen LogP contribution in [0.15, 0.2) is 30.3 Å². The molecule has 1 aromatic rings. The van der Waals surface area contributed by atoms with Crippen LogP contribution in [-0.2, 0) is 4.79 Å². The van der Waals surface area contributed by atoms with Crippen LogP contribution in [0.4, 0.5) is 0 Å². The third-order valence-electron chi connectivity index (χ3n) is 2.41. The molecular weight excluding hydrogens is 162 g/mol. The van der Waals surface area contributed by atoms with Gasteiger partial charge in [0.05, 0.1) is 0 Å². The number of amides is 1. The van der Waals surface area contributed by atoms with Gasteiger partial charge in [-0.25, -0.2) is 0 Å². The summed E-state index contributed by atoms with van der Waals surface area (Å²) in [7, 11) is 0. The Kier molecular flexibility index (Phi) is 2.05. The van der Waals surface area contributed by atoms with Crippen LogP contribution in [0, 0.1) is 0 Å². The van der Waals surface area contributed by atoms with Gasteiger partial charge in [0, 0.05) is 18.9 Å². The highest BCUT2D eigenvalue weighted by Gasteiger charge is 2.38. The first kappa shape index (κ1) is 8.30. The van der Waals surface area contributed by atoms with E-state index in [9.17, 15) is 4.79 Å². The van der Waals surface area contributed by atoms with Crippen molar-refractivity contribution in [2.45, 2.75) is 25.3 Å². The smallest absolute Gasteiger partial charge is 0.217 e. The lowest BCUT2D eigenvalue weighted by Gasteiger charge is -2.00. The van der Waals surface area contributed by atoms with E-state index in [1.807, 2.05) is 18.2 Å². The highest BCUT2D eigenvalue weighted by Crippen LogP contribution is 2.40. The molecule has 0 aliphatic heterocycles. The second kappa shape index (κ2) is 3.21. The number of carbonyl (C=O) groups excluding carboxylic acids is 1. The van der Waals surface area contributed by atoms with E-state index in [0.29, 0.717) is 12.0 Å². The van der Waals surface area contributed by atoms with Crippen LogP contribution in [0.5, 0.6) is 0 Å². The fraction of sp³-hybridized carbons (Fsp3) is 0.364. The SMILES string of the molecule is CC(=O)NC1C[C@H]1c1ccccc1. The summed E-state index contributed by atoms with van der Waals surface area (Å²) in [6.07, 6.45) is 1.09. The maximum Gasteiger partial charge on any atom is 0.217 e. The summed E-state index contributed by atoms with van der Waals surface area (Å²) >= 11 is 0. The second-order valence-corrected chi connectivity index (χ2v) is 3.56. The predicted octanol–water partition coefficient (Wildman–Crippen LogP) is 1.68. The van der Waals surface area contributed by atoms with Gasteiger partial charge in [0.1, 0.15) is 0 Å². The molecule has 0 heterocycles. The average molecular weight is 175 g/mol. The minimum absolute atomic E-state index is 0.0726. The Hall–Kier alpha value is -1.31. The first-order valence-corrected chi connectivity index (χ1v) is 4.59.